The van der Waals surface area contributed by atoms with E-state index in [0.29, 0.717) is 23.9 Å². The number of hydrogen-bond donors (Lipinski definition) is 1. The molecule has 0 unspecified atom stereocenters. The Balaban J connectivity index is 1.73. The Morgan fingerprint density at radius 2 is 2.21 bits per heavy atom. The standard InChI is InChI=1S/C14H17N3OS/c1-9-6-14(7-9,8-15)12(18)17-13-16-10-4-2-3-5-11(10)19-13/h9H,2-7H2,1H3,(H,16,17,18). The van der Waals surface area contributed by atoms with Crippen LogP contribution in [0.3, 0.4) is 0 Å². The van der Waals surface area contributed by atoms with Crippen LogP contribution in [0.2, 0.25) is 0 Å². The van der Waals surface area contributed by atoms with Crippen LogP contribution >= 0.6 is 11.3 Å². The van der Waals surface area contributed by atoms with Gasteiger partial charge in [0.2, 0.25) is 5.91 Å². The lowest BCUT2D eigenvalue weighted by Crippen LogP contribution is -2.45. The van der Waals surface area contributed by atoms with Crippen LogP contribution in [0.1, 0.15) is 43.2 Å². The number of nitrogens with zero attached hydrogens (tertiary/aromatic N) is 2. The zero-order chi connectivity index (χ0) is 13.5. The van der Waals surface area contributed by atoms with E-state index in [2.05, 4.69) is 23.3 Å². The molecular formula is C14H17N3OS. The summed E-state index contributed by atoms with van der Waals surface area (Å²) in [6, 6.07) is 2.19. The van der Waals surface area contributed by atoms with Crippen molar-refractivity contribution < 1.29 is 4.79 Å². The topological polar surface area (TPSA) is 65.8 Å². The van der Waals surface area contributed by atoms with Crippen LogP contribution in [0, 0.1) is 22.7 Å². The monoisotopic (exact) mass is 275 g/mol. The number of nitrogens with one attached hydrogen (secondary N) is 1. The first-order chi connectivity index (χ1) is 9.13. The molecule has 19 heavy (non-hydrogen) atoms. The van der Waals surface area contributed by atoms with Crippen LogP contribution < -0.4 is 5.32 Å². The molecule has 4 nitrogen and oxygen atoms in total. The van der Waals surface area contributed by atoms with Crippen molar-refractivity contribution in [2.75, 3.05) is 5.32 Å². The number of thiazole rings is 1. The summed E-state index contributed by atoms with van der Waals surface area (Å²) in [5, 5.41) is 12.8. The van der Waals surface area contributed by atoms with E-state index in [0.717, 1.165) is 18.5 Å². The molecule has 1 heterocycles. The van der Waals surface area contributed by atoms with Gasteiger partial charge >= 0.3 is 0 Å². The highest BCUT2D eigenvalue weighted by Gasteiger charge is 2.49. The molecule has 5 heteroatoms. The van der Waals surface area contributed by atoms with Crippen LogP contribution in [-0.4, -0.2) is 10.9 Å². The largest absolute Gasteiger partial charge is 0.301 e. The van der Waals surface area contributed by atoms with Gasteiger partial charge in [0.25, 0.3) is 0 Å². The first-order valence-corrected chi connectivity index (χ1v) is 7.66. The Morgan fingerprint density at radius 3 is 2.84 bits per heavy atom. The Bertz CT molecular complexity index is 528. The van der Waals surface area contributed by atoms with Gasteiger partial charge in [0.15, 0.2) is 5.13 Å². The predicted octanol–water partition coefficient (Wildman–Crippen LogP) is 2.90. The molecular weight excluding hydrogens is 258 g/mol. The molecule has 0 aliphatic heterocycles. The summed E-state index contributed by atoms with van der Waals surface area (Å²) in [4.78, 5) is 18.0. The zero-order valence-electron chi connectivity index (χ0n) is 11.0. The third-order valence-electron chi connectivity index (χ3n) is 4.11. The number of aromatic nitrogens is 1. The fraction of sp³-hybridized carbons (Fsp3) is 0.643. The van der Waals surface area contributed by atoms with Gasteiger partial charge in [-0.1, -0.05) is 6.92 Å². The van der Waals surface area contributed by atoms with E-state index in [1.807, 2.05) is 0 Å². The number of amides is 1. The molecule has 1 amide bonds. The average Bonchev–Trinajstić information content (AvgIpc) is 2.76. The number of hydrogen-bond acceptors (Lipinski definition) is 4. The fourth-order valence-corrected chi connectivity index (χ4v) is 4.12. The van der Waals surface area contributed by atoms with Crippen LogP contribution in [0.4, 0.5) is 5.13 Å². The first-order valence-electron chi connectivity index (χ1n) is 6.84. The van der Waals surface area contributed by atoms with Crippen molar-refractivity contribution in [3.05, 3.63) is 10.6 Å². The summed E-state index contributed by atoms with van der Waals surface area (Å²) >= 11 is 1.57. The molecule has 1 saturated carbocycles. The highest BCUT2D eigenvalue weighted by molar-refractivity contribution is 7.15. The van der Waals surface area contributed by atoms with Gasteiger partial charge in [-0.3, -0.25) is 4.79 Å². The molecule has 1 N–H and O–H groups in total. The Hall–Kier alpha value is -1.41. The number of rotatable bonds is 2. The van der Waals surface area contributed by atoms with Gasteiger partial charge in [-0.05, 0) is 44.4 Å². The minimum Gasteiger partial charge on any atom is -0.301 e. The number of nitriles is 1. The van der Waals surface area contributed by atoms with Crippen molar-refractivity contribution in [2.24, 2.45) is 11.3 Å². The summed E-state index contributed by atoms with van der Waals surface area (Å²) in [5.74, 6) is 0.300. The van der Waals surface area contributed by atoms with Crippen molar-refractivity contribution in [1.29, 1.82) is 5.26 Å². The quantitative estimate of drug-likeness (QED) is 0.902. The van der Waals surface area contributed by atoms with Crippen LogP contribution in [0.25, 0.3) is 0 Å². The number of carbonyl (C=O) groups is 1. The summed E-state index contributed by atoms with van der Waals surface area (Å²) in [6.45, 7) is 2.07. The van der Waals surface area contributed by atoms with E-state index in [1.165, 1.54) is 17.7 Å². The fourth-order valence-electron chi connectivity index (χ4n) is 3.08. The molecule has 3 rings (SSSR count). The molecule has 0 aromatic carbocycles. The van der Waals surface area contributed by atoms with Gasteiger partial charge in [-0.25, -0.2) is 4.98 Å². The second-order valence-corrected chi connectivity index (χ2v) is 6.84. The molecule has 100 valence electrons. The normalized spacial score (nSPS) is 28.9. The maximum atomic E-state index is 12.2. The third kappa shape index (κ3) is 2.14. The van der Waals surface area contributed by atoms with Gasteiger partial charge < -0.3 is 5.32 Å². The van der Waals surface area contributed by atoms with E-state index >= 15 is 0 Å². The zero-order valence-corrected chi connectivity index (χ0v) is 11.8. The van der Waals surface area contributed by atoms with Crippen LogP contribution in [0.15, 0.2) is 0 Å². The molecule has 0 radical (unpaired) electrons. The minimum absolute atomic E-state index is 0.167. The summed E-state index contributed by atoms with van der Waals surface area (Å²) in [6.07, 6.45) is 5.82. The van der Waals surface area contributed by atoms with Crippen molar-refractivity contribution >= 4 is 22.4 Å². The number of anilines is 1. The minimum atomic E-state index is -0.814. The maximum absolute atomic E-state index is 12.2. The molecule has 1 fully saturated rings. The van der Waals surface area contributed by atoms with Crippen molar-refractivity contribution in [2.45, 2.75) is 45.4 Å². The lowest BCUT2D eigenvalue weighted by Gasteiger charge is -2.38. The van der Waals surface area contributed by atoms with Gasteiger partial charge in [-0.15, -0.1) is 11.3 Å². The highest BCUT2D eigenvalue weighted by Crippen LogP contribution is 2.46. The highest BCUT2D eigenvalue weighted by atomic mass is 32.1. The van der Waals surface area contributed by atoms with Crippen molar-refractivity contribution in [1.82, 2.24) is 4.98 Å². The van der Waals surface area contributed by atoms with E-state index in [9.17, 15) is 10.1 Å². The third-order valence-corrected chi connectivity index (χ3v) is 5.18. The molecule has 0 bridgehead atoms. The average molecular weight is 275 g/mol. The predicted molar refractivity (Wildman–Crippen MR) is 73.8 cm³/mol. The van der Waals surface area contributed by atoms with Gasteiger partial charge in [0, 0.05) is 4.88 Å². The molecule has 0 saturated heterocycles. The lowest BCUT2D eigenvalue weighted by atomic mass is 9.63. The Morgan fingerprint density at radius 1 is 1.47 bits per heavy atom. The van der Waals surface area contributed by atoms with Crippen LogP contribution in [0.5, 0.6) is 0 Å². The Kier molecular flexibility index (Phi) is 3.06. The molecule has 0 spiro atoms. The smallest absolute Gasteiger partial charge is 0.246 e. The van der Waals surface area contributed by atoms with E-state index < -0.39 is 5.41 Å². The van der Waals surface area contributed by atoms with Gasteiger partial charge in [0.1, 0.15) is 5.41 Å². The number of carbonyl (C=O) groups excluding carboxylic acids is 1. The van der Waals surface area contributed by atoms with Gasteiger partial charge in [0.05, 0.1) is 11.8 Å². The summed E-state index contributed by atoms with van der Waals surface area (Å²) in [5.41, 5.74) is 0.325. The SMILES string of the molecule is CC1CC(C#N)(C(=O)Nc2nc3c(s2)CCCC3)C1. The van der Waals surface area contributed by atoms with Crippen LogP contribution in [-0.2, 0) is 17.6 Å². The number of aryl methyl sites for hydroxylation is 2. The summed E-state index contributed by atoms with van der Waals surface area (Å²) in [7, 11) is 0. The van der Waals surface area contributed by atoms with Crippen molar-refractivity contribution in [3.63, 3.8) is 0 Å². The van der Waals surface area contributed by atoms with E-state index in [4.69, 9.17) is 0 Å². The van der Waals surface area contributed by atoms with E-state index in [-0.39, 0.29) is 5.91 Å². The van der Waals surface area contributed by atoms with E-state index in [1.54, 1.807) is 11.3 Å². The molecule has 2 aliphatic rings. The second-order valence-electron chi connectivity index (χ2n) is 5.76. The van der Waals surface area contributed by atoms with Gasteiger partial charge in [-0.2, -0.15) is 5.26 Å². The second kappa shape index (κ2) is 4.61. The first kappa shape index (κ1) is 12.6. The lowest BCUT2D eigenvalue weighted by molar-refractivity contribution is -0.128. The molecule has 1 aromatic heterocycles. The van der Waals surface area contributed by atoms with Crippen molar-refractivity contribution in [3.8, 4) is 6.07 Å². The maximum Gasteiger partial charge on any atom is 0.246 e. The molecule has 1 aromatic rings. The number of fused-ring (bicyclic) bond motifs is 1. The molecule has 0 atom stereocenters. The molecule has 2 aliphatic carbocycles. The Labute approximate surface area is 116 Å². The summed E-state index contributed by atoms with van der Waals surface area (Å²) < 4.78 is 0.